The Morgan fingerprint density at radius 3 is 2.45 bits per heavy atom. The van der Waals surface area contributed by atoms with Gasteiger partial charge in [0.1, 0.15) is 5.75 Å². The number of hydrazine groups is 1. The standard InChI is InChI=1S/C15H16Cl2N2O/c1-20-12-7-5-10(6-8-12)14(19-18)9-11-3-2-4-13(16)15(11)17/h2-8,14,19H,9,18H2,1H3. The molecule has 0 saturated carbocycles. The van der Waals surface area contributed by atoms with Crippen molar-refractivity contribution in [3.8, 4) is 5.75 Å². The van der Waals surface area contributed by atoms with Crippen molar-refractivity contribution >= 4 is 23.2 Å². The number of hydrogen-bond acceptors (Lipinski definition) is 3. The van der Waals surface area contributed by atoms with Gasteiger partial charge < -0.3 is 4.74 Å². The van der Waals surface area contributed by atoms with Gasteiger partial charge in [0, 0.05) is 0 Å². The molecule has 106 valence electrons. The molecule has 2 aromatic rings. The maximum absolute atomic E-state index is 6.21. The SMILES string of the molecule is COc1ccc(C(Cc2cccc(Cl)c2Cl)NN)cc1. The summed E-state index contributed by atoms with van der Waals surface area (Å²) in [5.74, 6) is 6.46. The Morgan fingerprint density at radius 2 is 1.85 bits per heavy atom. The molecule has 5 heteroatoms. The zero-order chi connectivity index (χ0) is 14.5. The summed E-state index contributed by atoms with van der Waals surface area (Å²) >= 11 is 12.2. The van der Waals surface area contributed by atoms with E-state index in [0.29, 0.717) is 16.5 Å². The van der Waals surface area contributed by atoms with Gasteiger partial charge in [0.05, 0.1) is 23.2 Å². The number of methoxy groups -OCH3 is 1. The highest BCUT2D eigenvalue weighted by molar-refractivity contribution is 6.42. The van der Waals surface area contributed by atoms with Crippen LogP contribution in [0.2, 0.25) is 10.0 Å². The first kappa shape index (κ1) is 15.1. The van der Waals surface area contributed by atoms with Crippen LogP contribution in [-0.2, 0) is 6.42 Å². The van der Waals surface area contributed by atoms with Crippen molar-refractivity contribution < 1.29 is 4.74 Å². The lowest BCUT2D eigenvalue weighted by Crippen LogP contribution is -2.29. The molecule has 0 aliphatic carbocycles. The zero-order valence-electron chi connectivity index (χ0n) is 11.1. The van der Waals surface area contributed by atoms with Crippen molar-refractivity contribution in [1.82, 2.24) is 5.43 Å². The lowest BCUT2D eigenvalue weighted by Gasteiger charge is -2.18. The van der Waals surface area contributed by atoms with Gasteiger partial charge in [0.25, 0.3) is 0 Å². The fourth-order valence-electron chi connectivity index (χ4n) is 2.04. The first-order valence-electron chi connectivity index (χ1n) is 6.18. The highest BCUT2D eigenvalue weighted by Crippen LogP contribution is 2.29. The van der Waals surface area contributed by atoms with E-state index < -0.39 is 0 Å². The van der Waals surface area contributed by atoms with E-state index >= 15 is 0 Å². The Kier molecular flexibility index (Phi) is 5.26. The fourth-order valence-corrected chi connectivity index (χ4v) is 2.43. The van der Waals surface area contributed by atoms with Gasteiger partial charge in [-0.25, -0.2) is 0 Å². The van der Waals surface area contributed by atoms with Gasteiger partial charge in [-0.2, -0.15) is 0 Å². The van der Waals surface area contributed by atoms with Crippen molar-refractivity contribution in [3.05, 3.63) is 63.6 Å². The van der Waals surface area contributed by atoms with Crippen molar-refractivity contribution in [2.24, 2.45) is 5.84 Å². The predicted molar refractivity (Wildman–Crippen MR) is 83.2 cm³/mol. The average Bonchev–Trinajstić information content (AvgIpc) is 2.49. The highest BCUT2D eigenvalue weighted by Gasteiger charge is 2.13. The normalized spacial score (nSPS) is 12.2. The second kappa shape index (κ2) is 6.95. The van der Waals surface area contributed by atoms with Crippen LogP contribution in [0.1, 0.15) is 17.2 Å². The summed E-state index contributed by atoms with van der Waals surface area (Å²) in [5.41, 5.74) is 4.82. The molecule has 0 spiro atoms. The predicted octanol–water partition coefficient (Wildman–Crippen LogP) is 3.75. The first-order chi connectivity index (χ1) is 9.65. The fraction of sp³-hybridized carbons (Fsp3) is 0.200. The molecule has 0 radical (unpaired) electrons. The van der Waals surface area contributed by atoms with E-state index in [2.05, 4.69) is 5.43 Å². The van der Waals surface area contributed by atoms with Crippen LogP contribution in [0.3, 0.4) is 0 Å². The third-order valence-corrected chi connectivity index (χ3v) is 4.03. The van der Waals surface area contributed by atoms with Crippen LogP contribution in [0.15, 0.2) is 42.5 Å². The molecule has 0 heterocycles. The summed E-state index contributed by atoms with van der Waals surface area (Å²) in [6.45, 7) is 0. The maximum Gasteiger partial charge on any atom is 0.118 e. The van der Waals surface area contributed by atoms with Crippen LogP contribution in [0.4, 0.5) is 0 Å². The van der Waals surface area contributed by atoms with Gasteiger partial charge in [-0.3, -0.25) is 11.3 Å². The smallest absolute Gasteiger partial charge is 0.118 e. The summed E-state index contributed by atoms with van der Waals surface area (Å²) in [4.78, 5) is 0. The topological polar surface area (TPSA) is 47.3 Å². The molecule has 3 N–H and O–H groups in total. The van der Waals surface area contributed by atoms with Gasteiger partial charge in [-0.1, -0.05) is 47.5 Å². The Morgan fingerprint density at radius 1 is 1.15 bits per heavy atom. The molecule has 0 amide bonds. The first-order valence-corrected chi connectivity index (χ1v) is 6.94. The van der Waals surface area contributed by atoms with E-state index in [-0.39, 0.29) is 6.04 Å². The van der Waals surface area contributed by atoms with Gasteiger partial charge in [0.15, 0.2) is 0 Å². The van der Waals surface area contributed by atoms with E-state index in [1.165, 1.54) is 0 Å². The lowest BCUT2D eigenvalue weighted by molar-refractivity contribution is 0.414. The summed E-state index contributed by atoms with van der Waals surface area (Å²) in [6.07, 6.45) is 0.655. The molecule has 0 fully saturated rings. The summed E-state index contributed by atoms with van der Waals surface area (Å²) in [6, 6.07) is 13.3. The van der Waals surface area contributed by atoms with Gasteiger partial charge in [-0.15, -0.1) is 0 Å². The molecule has 2 aromatic carbocycles. The van der Waals surface area contributed by atoms with Gasteiger partial charge in [0.2, 0.25) is 0 Å². The molecule has 0 bridgehead atoms. The van der Waals surface area contributed by atoms with Crippen LogP contribution >= 0.6 is 23.2 Å². The summed E-state index contributed by atoms with van der Waals surface area (Å²) in [5, 5.41) is 1.12. The quantitative estimate of drug-likeness (QED) is 0.653. The number of hydrogen-bond donors (Lipinski definition) is 2. The van der Waals surface area contributed by atoms with Gasteiger partial charge >= 0.3 is 0 Å². The van der Waals surface area contributed by atoms with E-state index in [4.69, 9.17) is 33.8 Å². The molecule has 0 aliphatic rings. The maximum atomic E-state index is 6.21. The van der Waals surface area contributed by atoms with Gasteiger partial charge in [-0.05, 0) is 35.7 Å². The number of halogens is 2. The molecule has 1 unspecified atom stereocenters. The largest absolute Gasteiger partial charge is 0.497 e. The highest BCUT2D eigenvalue weighted by atomic mass is 35.5. The molecule has 1 atom stereocenters. The molecule has 2 rings (SSSR count). The minimum Gasteiger partial charge on any atom is -0.497 e. The Balaban J connectivity index is 2.21. The average molecular weight is 311 g/mol. The molecular weight excluding hydrogens is 295 g/mol. The molecule has 0 aliphatic heterocycles. The lowest BCUT2D eigenvalue weighted by atomic mass is 9.99. The van der Waals surface area contributed by atoms with Crippen LogP contribution in [-0.4, -0.2) is 7.11 Å². The molecule has 3 nitrogen and oxygen atoms in total. The number of nitrogens with two attached hydrogens (primary N) is 1. The van der Waals surface area contributed by atoms with Crippen molar-refractivity contribution in [3.63, 3.8) is 0 Å². The van der Waals surface area contributed by atoms with Crippen LogP contribution in [0.25, 0.3) is 0 Å². The van der Waals surface area contributed by atoms with E-state index in [9.17, 15) is 0 Å². The van der Waals surface area contributed by atoms with E-state index in [1.807, 2.05) is 36.4 Å². The molecule has 0 aromatic heterocycles. The van der Waals surface area contributed by atoms with E-state index in [0.717, 1.165) is 16.9 Å². The number of benzene rings is 2. The van der Waals surface area contributed by atoms with Crippen molar-refractivity contribution in [1.29, 1.82) is 0 Å². The molecule has 0 saturated heterocycles. The number of rotatable bonds is 5. The Labute approximate surface area is 128 Å². The van der Waals surface area contributed by atoms with Crippen LogP contribution < -0.4 is 16.0 Å². The van der Waals surface area contributed by atoms with E-state index in [1.54, 1.807) is 13.2 Å². The molecular formula is C15H16Cl2N2O. The second-order valence-electron chi connectivity index (χ2n) is 4.41. The Hall–Kier alpha value is -1.26. The van der Waals surface area contributed by atoms with Crippen molar-refractivity contribution in [2.45, 2.75) is 12.5 Å². The Bertz CT molecular complexity index is 573. The van der Waals surface area contributed by atoms with Crippen LogP contribution in [0, 0.1) is 0 Å². The third kappa shape index (κ3) is 3.44. The minimum atomic E-state index is -0.0446. The monoisotopic (exact) mass is 310 g/mol. The second-order valence-corrected chi connectivity index (χ2v) is 5.19. The minimum absolute atomic E-state index is 0.0446. The summed E-state index contributed by atoms with van der Waals surface area (Å²) < 4.78 is 5.15. The number of ether oxygens (including phenoxy) is 1. The molecule has 20 heavy (non-hydrogen) atoms. The van der Waals surface area contributed by atoms with Crippen molar-refractivity contribution in [2.75, 3.05) is 7.11 Å². The summed E-state index contributed by atoms with van der Waals surface area (Å²) in [7, 11) is 1.64. The zero-order valence-corrected chi connectivity index (χ0v) is 12.6. The third-order valence-electron chi connectivity index (χ3n) is 3.17. The number of nitrogens with one attached hydrogen (secondary N) is 1. The van der Waals surface area contributed by atoms with Crippen LogP contribution in [0.5, 0.6) is 5.75 Å².